The van der Waals surface area contributed by atoms with Gasteiger partial charge in [-0.15, -0.1) is 0 Å². The van der Waals surface area contributed by atoms with Gasteiger partial charge in [0.05, 0.1) is 6.61 Å². The maximum atomic E-state index is 13.1. The van der Waals surface area contributed by atoms with Gasteiger partial charge < -0.3 is 10.1 Å². The van der Waals surface area contributed by atoms with Crippen molar-refractivity contribution >= 4 is 5.91 Å². The molecule has 0 aliphatic heterocycles. The van der Waals surface area contributed by atoms with E-state index >= 15 is 0 Å². The van der Waals surface area contributed by atoms with E-state index in [2.05, 4.69) is 11.9 Å². The third kappa shape index (κ3) is 3.56. The van der Waals surface area contributed by atoms with Gasteiger partial charge in [-0.05, 0) is 43.4 Å². The molecule has 4 heteroatoms. The predicted molar refractivity (Wildman–Crippen MR) is 71.5 cm³/mol. The molecule has 1 N–H and O–H groups in total. The number of amides is 1. The average molecular weight is 263 g/mol. The summed E-state index contributed by atoms with van der Waals surface area (Å²) in [6, 6.07) is 4.75. The van der Waals surface area contributed by atoms with Gasteiger partial charge in [-0.2, -0.15) is 0 Å². The smallest absolute Gasteiger partial charge is 0.243 e. The number of aryl methyl sites for hydroxylation is 1. The molecule has 1 aromatic carbocycles. The van der Waals surface area contributed by atoms with Crippen molar-refractivity contribution in [3.63, 3.8) is 0 Å². The number of hydrogen-bond acceptors (Lipinski definition) is 2. The summed E-state index contributed by atoms with van der Waals surface area (Å²) in [5.74, 6) is 0.590. The van der Waals surface area contributed by atoms with E-state index in [-0.39, 0.29) is 17.8 Å². The van der Waals surface area contributed by atoms with E-state index < -0.39 is 0 Å². The number of nitrogens with one attached hydrogen (secondary N) is 1. The molecule has 0 bridgehead atoms. The van der Waals surface area contributed by atoms with Crippen LogP contribution in [0.25, 0.3) is 0 Å². The SMILES string of the molecule is C=CC(=O)NC1CC(COc2cc(F)ccc2C)C1. The van der Waals surface area contributed by atoms with Gasteiger partial charge in [0.2, 0.25) is 5.91 Å². The van der Waals surface area contributed by atoms with Crippen molar-refractivity contribution in [2.24, 2.45) is 5.92 Å². The Hall–Kier alpha value is -1.84. The molecule has 0 aromatic heterocycles. The van der Waals surface area contributed by atoms with Crippen LogP contribution in [0.4, 0.5) is 4.39 Å². The number of hydrogen-bond donors (Lipinski definition) is 1. The van der Waals surface area contributed by atoms with Crippen molar-refractivity contribution in [1.29, 1.82) is 0 Å². The molecule has 0 unspecified atom stereocenters. The van der Waals surface area contributed by atoms with Gasteiger partial charge in [-0.1, -0.05) is 12.6 Å². The molecule has 2 rings (SSSR count). The van der Waals surface area contributed by atoms with E-state index in [0.717, 1.165) is 18.4 Å². The first kappa shape index (κ1) is 13.6. The minimum absolute atomic E-state index is 0.134. The molecule has 0 heterocycles. The summed E-state index contributed by atoms with van der Waals surface area (Å²) >= 11 is 0. The fraction of sp³-hybridized carbons (Fsp3) is 0.400. The largest absolute Gasteiger partial charge is 0.493 e. The molecule has 1 aliphatic carbocycles. The van der Waals surface area contributed by atoms with E-state index in [9.17, 15) is 9.18 Å². The Morgan fingerprint density at radius 1 is 1.58 bits per heavy atom. The zero-order chi connectivity index (χ0) is 13.8. The lowest BCUT2D eigenvalue weighted by atomic mass is 9.81. The quantitative estimate of drug-likeness (QED) is 0.829. The zero-order valence-corrected chi connectivity index (χ0v) is 11.0. The van der Waals surface area contributed by atoms with Gasteiger partial charge in [-0.3, -0.25) is 4.79 Å². The molecule has 1 aromatic rings. The second kappa shape index (κ2) is 5.87. The number of benzene rings is 1. The maximum Gasteiger partial charge on any atom is 0.243 e. The summed E-state index contributed by atoms with van der Waals surface area (Å²) in [5, 5.41) is 2.84. The zero-order valence-electron chi connectivity index (χ0n) is 11.0. The van der Waals surface area contributed by atoms with Crippen LogP contribution in [0.5, 0.6) is 5.75 Å². The number of halogens is 1. The van der Waals surface area contributed by atoms with Crippen LogP contribution >= 0.6 is 0 Å². The molecule has 0 atom stereocenters. The highest BCUT2D eigenvalue weighted by Crippen LogP contribution is 2.29. The first-order valence-electron chi connectivity index (χ1n) is 6.40. The van der Waals surface area contributed by atoms with Crippen molar-refractivity contribution in [3.05, 3.63) is 42.2 Å². The lowest BCUT2D eigenvalue weighted by Crippen LogP contribution is -2.45. The lowest BCUT2D eigenvalue weighted by molar-refractivity contribution is -0.118. The molecular weight excluding hydrogens is 245 g/mol. The molecule has 0 radical (unpaired) electrons. The van der Waals surface area contributed by atoms with E-state index in [0.29, 0.717) is 18.3 Å². The summed E-state index contributed by atoms with van der Waals surface area (Å²) in [7, 11) is 0. The Morgan fingerprint density at radius 3 is 3.00 bits per heavy atom. The topological polar surface area (TPSA) is 38.3 Å². The maximum absolute atomic E-state index is 13.1. The molecule has 3 nitrogen and oxygen atoms in total. The van der Waals surface area contributed by atoms with Crippen LogP contribution < -0.4 is 10.1 Å². The number of rotatable bonds is 5. The number of ether oxygens (including phenoxy) is 1. The van der Waals surface area contributed by atoms with E-state index in [1.165, 1.54) is 18.2 Å². The Labute approximate surface area is 112 Å². The van der Waals surface area contributed by atoms with Gasteiger partial charge in [0.15, 0.2) is 0 Å². The van der Waals surface area contributed by atoms with Crippen LogP contribution in [0.1, 0.15) is 18.4 Å². The summed E-state index contributed by atoms with van der Waals surface area (Å²) < 4.78 is 18.7. The van der Waals surface area contributed by atoms with E-state index in [1.807, 2.05) is 6.92 Å². The number of carbonyl (C=O) groups is 1. The molecular formula is C15H18FNO2. The Balaban J connectivity index is 1.75. The average Bonchev–Trinajstić information content (AvgIpc) is 2.35. The molecule has 1 fully saturated rings. The normalized spacial score (nSPS) is 21.4. The third-order valence-electron chi connectivity index (χ3n) is 3.39. The summed E-state index contributed by atoms with van der Waals surface area (Å²) in [4.78, 5) is 11.1. The van der Waals surface area contributed by atoms with Gasteiger partial charge in [0.25, 0.3) is 0 Å². The van der Waals surface area contributed by atoms with Gasteiger partial charge in [-0.25, -0.2) is 4.39 Å². The van der Waals surface area contributed by atoms with Crippen molar-refractivity contribution < 1.29 is 13.9 Å². The second-order valence-electron chi connectivity index (χ2n) is 4.97. The fourth-order valence-electron chi connectivity index (χ4n) is 2.19. The Kier molecular flexibility index (Phi) is 4.20. The first-order chi connectivity index (χ1) is 9.08. The van der Waals surface area contributed by atoms with Gasteiger partial charge in [0.1, 0.15) is 11.6 Å². The van der Waals surface area contributed by atoms with Crippen LogP contribution in [0.15, 0.2) is 30.9 Å². The molecule has 102 valence electrons. The minimum atomic E-state index is -0.287. The fourth-order valence-corrected chi connectivity index (χ4v) is 2.19. The highest BCUT2D eigenvalue weighted by Gasteiger charge is 2.30. The van der Waals surface area contributed by atoms with Crippen molar-refractivity contribution in [2.45, 2.75) is 25.8 Å². The van der Waals surface area contributed by atoms with Crippen LogP contribution in [0.3, 0.4) is 0 Å². The van der Waals surface area contributed by atoms with Gasteiger partial charge in [0, 0.05) is 12.1 Å². The van der Waals surface area contributed by atoms with Crippen LogP contribution in [0.2, 0.25) is 0 Å². The van der Waals surface area contributed by atoms with Crippen LogP contribution in [-0.4, -0.2) is 18.6 Å². The first-order valence-corrected chi connectivity index (χ1v) is 6.40. The number of carbonyl (C=O) groups excluding carboxylic acids is 1. The molecule has 19 heavy (non-hydrogen) atoms. The minimum Gasteiger partial charge on any atom is -0.493 e. The molecule has 1 saturated carbocycles. The molecule has 0 saturated heterocycles. The van der Waals surface area contributed by atoms with Crippen molar-refractivity contribution in [1.82, 2.24) is 5.32 Å². The Bertz CT molecular complexity index is 481. The summed E-state index contributed by atoms with van der Waals surface area (Å²) in [6.07, 6.45) is 3.07. The van der Waals surface area contributed by atoms with Crippen LogP contribution in [0, 0.1) is 18.7 Å². The predicted octanol–water partition coefficient (Wildman–Crippen LogP) is 2.59. The highest BCUT2D eigenvalue weighted by molar-refractivity contribution is 5.87. The summed E-state index contributed by atoms with van der Waals surface area (Å²) in [6.45, 7) is 5.86. The molecule has 0 spiro atoms. The second-order valence-corrected chi connectivity index (χ2v) is 4.97. The van der Waals surface area contributed by atoms with E-state index in [1.54, 1.807) is 6.07 Å². The van der Waals surface area contributed by atoms with Crippen molar-refractivity contribution in [3.8, 4) is 5.75 Å². The Morgan fingerprint density at radius 2 is 2.32 bits per heavy atom. The summed E-state index contributed by atoms with van der Waals surface area (Å²) in [5.41, 5.74) is 0.928. The highest BCUT2D eigenvalue weighted by atomic mass is 19.1. The monoisotopic (exact) mass is 263 g/mol. The lowest BCUT2D eigenvalue weighted by Gasteiger charge is -2.35. The third-order valence-corrected chi connectivity index (χ3v) is 3.39. The molecule has 1 aliphatic rings. The van der Waals surface area contributed by atoms with E-state index in [4.69, 9.17) is 4.74 Å². The van der Waals surface area contributed by atoms with Crippen molar-refractivity contribution in [2.75, 3.05) is 6.61 Å². The van der Waals surface area contributed by atoms with Crippen LogP contribution in [-0.2, 0) is 4.79 Å². The molecule has 1 amide bonds. The standard InChI is InChI=1S/C15H18FNO2/c1-3-15(18)17-13-6-11(7-13)9-19-14-8-12(16)5-4-10(14)2/h3-5,8,11,13H,1,6-7,9H2,2H3,(H,17,18). The van der Waals surface area contributed by atoms with Gasteiger partial charge >= 0.3 is 0 Å².